The quantitative estimate of drug-likeness (QED) is 0.0195. The highest BCUT2D eigenvalue weighted by Crippen LogP contribution is 2.17. The molecule has 77 heavy (non-hydrogen) atoms. The molecule has 0 aromatic heterocycles. The Morgan fingerprint density at radius 2 is 0.740 bits per heavy atom. The summed E-state index contributed by atoms with van der Waals surface area (Å²) in [4.78, 5) is 37.4. The van der Waals surface area contributed by atoms with Crippen LogP contribution in [0.4, 0.5) is 0 Å². The molecule has 0 aromatic carbocycles. The number of likely N-dealkylation sites (N-methyl/N-ethyl adjacent to an activating group) is 1. The van der Waals surface area contributed by atoms with E-state index in [0.717, 1.165) is 109 Å². The Balaban J connectivity index is 4.26. The van der Waals surface area contributed by atoms with Crippen LogP contribution in [0.1, 0.15) is 258 Å². The molecule has 0 N–H and O–H groups in total. The van der Waals surface area contributed by atoms with Crippen LogP contribution in [0.2, 0.25) is 0 Å². The van der Waals surface area contributed by atoms with Crippen LogP contribution >= 0.6 is 0 Å². The van der Waals surface area contributed by atoms with Gasteiger partial charge in [0.15, 0.2) is 12.4 Å². The molecule has 0 aliphatic rings. The van der Waals surface area contributed by atoms with E-state index < -0.39 is 24.3 Å². The Labute approximate surface area is 473 Å². The lowest BCUT2D eigenvalue weighted by atomic mass is 10.0. The third kappa shape index (κ3) is 59.7. The van der Waals surface area contributed by atoms with E-state index in [4.69, 9.17) is 18.9 Å². The lowest BCUT2D eigenvalue weighted by molar-refractivity contribution is -0.870. The molecule has 9 nitrogen and oxygen atoms in total. The normalized spacial score (nSPS) is 13.4. The molecule has 0 aromatic rings. The standard InChI is InChI=1S/C68H117NO8/c1-6-8-10-12-14-16-18-20-22-24-26-28-29-30-31-32-33-34-35-36-37-39-41-43-45-47-49-51-53-55-57-59-66(71)77-64(63-76-68(67(72)73)74-61-60-69(3,4)5)62-75-65(70)58-56-54-52-50-48-46-44-42-40-38-27-25-23-21-19-17-15-13-11-9-7-2/h8,10,14,16,20,22,26,28,30-31,33-34,36-37,41,43,64,68H,6-7,9,11-13,15,17-19,21,23-25,27,29,32,35,38-40,42,44-63H2,1-5H3/b10-8-,16-14-,22-20-,28-26-,31-30-,34-33-,37-36-,43-41-. The number of rotatable bonds is 57. The second kappa shape index (κ2) is 58.4. The van der Waals surface area contributed by atoms with Gasteiger partial charge in [0.1, 0.15) is 13.2 Å². The second-order valence-electron chi connectivity index (χ2n) is 22.0. The number of carbonyl (C=O) groups is 3. The molecule has 0 heterocycles. The van der Waals surface area contributed by atoms with Gasteiger partial charge in [0, 0.05) is 12.8 Å². The highest BCUT2D eigenvalue weighted by molar-refractivity contribution is 5.70. The van der Waals surface area contributed by atoms with Gasteiger partial charge in [0.2, 0.25) is 0 Å². The number of carboxylic acids is 1. The molecule has 9 heteroatoms. The minimum absolute atomic E-state index is 0.141. The van der Waals surface area contributed by atoms with Crippen LogP contribution in [-0.4, -0.2) is 82.3 Å². The van der Waals surface area contributed by atoms with Gasteiger partial charge in [-0.25, -0.2) is 0 Å². The summed E-state index contributed by atoms with van der Waals surface area (Å²) < 4.78 is 22.7. The fourth-order valence-corrected chi connectivity index (χ4v) is 8.55. The Kier molecular flexibility index (Phi) is 55.5. The van der Waals surface area contributed by atoms with Crippen LogP contribution in [0, 0.1) is 0 Å². The monoisotopic (exact) mass is 1080 g/mol. The van der Waals surface area contributed by atoms with Crippen LogP contribution in [-0.2, 0) is 33.3 Å². The molecule has 442 valence electrons. The Morgan fingerprint density at radius 1 is 0.403 bits per heavy atom. The van der Waals surface area contributed by atoms with E-state index >= 15 is 0 Å². The Morgan fingerprint density at radius 3 is 1.10 bits per heavy atom. The minimum Gasteiger partial charge on any atom is -0.545 e. The van der Waals surface area contributed by atoms with E-state index in [9.17, 15) is 19.5 Å². The van der Waals surface area contributed by atoms with Gasteiger partial charge in [-0.05, 0) is 77.0 Å². The number of unbranched alkanes of at least 4 members (excludes halogenated alkanes) is 26. The van der Waals surface area contributed by atoms with Crippen molar-refractivity contribution in [2.75, 3.05) is 47.5 Å². The lowest BCUT2D eigenvalue weighted by Gasteiger charge is -2.26. The first-order chi connectivity index (χ1) is 37.6. The van der Waals surface area contributed by atoms with Crippen molar-refractivity contribution in [3.8, 4) is 0 Å². The molecule has 0 bridgehead atoms. The molecule has 0 rings (SSSR count). The average Bonchev–Trinajstić information content (AvgIpc) is 3.40. The minimum atomic E-state index is -1.63. The number of allylic oxidation sites excluding steroid dienone is 16. The first-order valence-electron chi connectivity index (χ1n) is 31.4. The molecule has 0 spiro atoms. The summed E-state index contributed by atoms with van der Waals surface area (Å²) in [7, 11) is 5.92. The highest BCUT2D eigenvalue weighted by atomic mass is 16.7. The predicted molar refractivity (Wildman–Crippen MR) is 324 cm³/mol. The summed E-state index contributed by atoms with van der Waals surface area (Å²) in [5.41, 5.74) is 0. The van der Waals surface area contributed by atoms with Gasteiger partial charge in [0.25, 0.3) is 0 Å². The summed E-state index contributed by atoms with van der Waals surface area (Å²) >= 11 is 0. The lowest BCUT2D eigenvalue weighted by Crippen LogP contribution is -2.44. The average molecular weight is 1080 g/mol. The Bertz CT molecular complexity index is 1580. The number of nitrogens with zero attached hydrogens (tertiary/aromatic N) is 1. The molecule has 0 fully saturated rings. The first-order valence-corrected chi connectivity index (χ1v) is 31.4. The van der Waals surface area contributed by atoms with E-state index in [1.54, 1.807) is 0 Å². The van der Waals surface area contributed by atoms with Gasteiger partial charge >= 0.3 is 11.9 Å². The van der Waals surface area contributed by atoms with E-state index in [-0.39, 0.29) is 38.6 Å². The number of ether oxygens (including phenoxy) is 4. The van der Waals surface area contributed by atoms with Gasteiger partial charge in [-0.2, -0.15) is 0 Å². The van der Waals surface area contributed by atoms with Crippen molar-refractivity contribution >= 4 is 17.9 Å². The number of carboxylic acid groups (broad SMARTS) is 1. The molecule has 2 atom stereocenters. The van der Waals surface area contributed by atoms with Crippen molar-refractivity contribution in [3.63, 3.8) is 0 Å². The third-order valence-electron chi connectivity index (χ3n) is 13.3. The maximum atomic E-state index is 12.9. The largest absolute Gasteiger partial charge is 0.545 e. The molecule has 2 unspecified atom stereocenters. The number of esters is 2. The van der Waals surface area contributed by atoms with Gasteiger partial charge in [-0.15, -0.1) is 0 Å². The molecule has 0 aliphatic heterocycles. The second-order valence-corrected chi connectivity index (χ2v) is 22.0. The number of carbonyl (C=O) groups excluding carboxylic acids is 3. The van der Waals surface area contributed by atoms with Crippen LogP contribution in [0.3, 0.4) is 0 Å². The number of quaternary nitrogens is 1. The fourth-order valence-electron chi connectivity index (χ4n) is 8.55. The van der Waals surface area contributed by atoms with Crippen molar-refractivity contribution < 1.29 is 42.9 Å². The number of hydrogen-bond donors (Lipinski definition) is 0. The summed E-state index contributed by atoms with van der Waals surface area (Å²) in [6, 6.07) is 0. The van der Waals surface area contributed by atoms with Gasteiger partial charge in [-0.1, -0.05) is 265 Å². The molecule has 0 saturated carbocycles. The van der Waals surface area contributed by atoms with Crippen LogP contribution < -0.4 is 5.11 Å². The summed E-state index contributed by atoms with van der Waals surface area (Å²) in [5, 5.41) is 11.8. The number of aliphatic carboxylic acids is 1. The van der Waals surface area contributed by atoms with Crippen molar-refractivity contribution in [2.24, 2.45) is 0 Å². The first kappa shape index (κ1) is 73.2. The zero-order valence-electron chi connectivity index (χ0n) is 50.3. The summed E-state index contributed by atoms with van der Waals surface area (Å²) in [6.07, 6.45) is 76.0. The molecule has 0 saturated heterocycles. The van der Waals surface area contributed by atoms with Crippen LogP contribution in [0.15, 0.2) is 97.2 Å². The maximum absolute atomic E-state index is 12.9. The predicted octanol–water partition coefficient (Wildman–Crippen LogP) is 17.6. The van der Waals surface area contributed by atoms with Gasteiger partial charge < -0.3 is 33.3 Å². The van der Waals surface area contributed by atoms with Crippen LogP contribution in [0.25, 0.3) is 0 Å². The maximum Gasteiger partial charge on any atom is 0.306 e. The molecule has 0 amide bonds. The molecule has 0 aliphatic carbocycles. The number of hydrogen-bond acceptors (Lipinski definition) is 8. The fraction of sp³-hybridized carbons (Fsp3) is 0.721. The van der Waals surface area contributed by atoms with E-state index in [0.29, 0.717) is 17.4 Å². The topological polar surface area (TPSA) is 111 Å². The SMILES string of the molecule is CC/C=C\C/C=C\C/C=C\C/C=C\C/C=C\C/C=C\C/C=C\C/C=C\CCCCCCCCC(=O)OC(COC(=O)CCCCCCCCCCCCCCCCCCCCCCC)COC(OCC[N+](C)(C)C)C(=O)[O-]. The van der Waals surface area contributed by atoms with Crippen molar-refractivity contribution in [1.29, 1.82) is 0 Å². The molecular formula is C68H117NO8. The molecular weight excluding hydrogens is 959 g/mol. The third-order valence-corrected chi connectivity index (χ3v) is 13.3. The zero-order chi connectivity index (χ0) is 56.2. The van der Waals surface area contributed by atoms with E-state index in [1.807, 2.05) is 21.1 Å². The smallest absolute Gasteiger partial charge is 0.306 e. The zero-order valence-corrected chi connectivity index (χ0v) is 50.3. The van der Waals surface area contributed by atoms with E-state index in [2.05, 4.69) is 111 Å². The highest BCUT2D eigenvalue weighted by Gasteiger charge is 2.22. The Hall–Kier alpha value is -3.79. The van der Waals surface area contributed by atoms with Crippen molar-refractivity contribution in [3.05, 3.63) is 97.2 Å². The van der Waals surface area contributed by atoms with E-state index in [1.165, 1.54) is 116 Å². The van der Waals surface area contributed by atoms with Crippen molar-refractivity contribution in [1.82, 2.24) is 0 Å². The summed E-state index contributed by atoms with van der Waals surface area (Å²) in [6.45, 7) is 4.64. The van der Waals surface area contributed by atoms with Crippen LogP contribution in [0.5, 0.6) is 0 Å². The van der Waals surface area contributed by atoms with Gasteiger partial charge in [0.05, 0.1) is 40.3 Å². The summed E-state index contributed by atoms with van der Waals surface area (Å²) in [5.74, 6) is -2.30. The molecule has 0 radical (unpaired) electrons. The van der Waals surface area contributed by atoms with Gasteiger partial charge in [-0.3, -0.25) is 9.59 Å². The van der Waals surface area contributed by atoms with Crippen molar-refractivity contribution in [2.45, 2.75) is 270 Å².